The van der Waals surface area contributed by atoms with Gasteiger partial charge in [0.15, 0.2) is 6.29 Å². The van der Waals surface area contributed by atoms with Crippen LogP contribution in [0.3, 0.4) is 0 Å². The van der Waals surface area contributed by atoms with Crippen LogP contribution in [0, 0.1) is 0 Å². The third-order valence-electron chi connectivity index (χ3n) is 2.63. The predicted molar refractivity (Wildman–Crippen MR) is 67.6 cm³/mol. The highest BCUT2D eigenvalue weighted by atomic mass is 16.5. The first-order valence-corrected chi connectivity index (χ1v) is 5.92. The van der Waals surface area contributed by atoms with Crippen LogP contribution in [0.1, 0.15) is 35.4 Å². The summed E-state index contributed by atoms with van der Waals surface area (Å²) in [5.41, 5.74) is 6.15. The molecular formula is C13H19NO4. The van der Waals surface area contributed by atoms with Crippen molar-refractivity contribution in [2.45, 2.75) is 25.6 Å². The van der Waals surface area contributed by atoms with Crippen molar-refractivity contribution in [3.63, 3.8) is 0 Å². The van der Waals surface area contributed by atoms with Gasteiger partial charge in [0.25, 0.3) is 0 Å². The maximum atomic E-state index is 10.9. The number of rotatable bonds is 7. The van der Waals surface area contributed by atoms with E-state index in [-0.39, 0.29) is 6.54 Å². The maximum Gasteiger partial charge on any atom is 0.153 e. The molecule has 5 nitrogen and oxygen atoms in total. The molecule has 1 aromatic carbocycles. The highest BCUT2D eigenvalue weighted by molar-refractivity contribution is 5.79. The maximum absolute atomic E-state index is 10.9. The van der Waals surface area contributed by atoms with Crippen molar-refractivity contribution in [2.75, 3.05) is 13.2 Å². The lowest BCUT2D eigenvalue weighted by atomic mass is 10.00. The van der Waals surface area contributed by atoms with Gasteiger partial charge in [-0.25, -0.2) is 0 Å². The number of ether oxygens (including phenoxy) is 1. The van der Waals surface area contributed by atoms with Crippen LogP contribution in [-0.2, 0) is 0 Å². The van der Waals surface area contributed by atoms with E-state index in [1.165, 1.54) is 6.07 Å². The van der Waals surface area contributed by atoms with Crippen LogP contribution in [0.2, 0.25) is 0 Å². The minimum absolute atomic E-state index is 0.287. The van der Waals surface area contributed by atoms with E-state index in [9.17, 15) is 15.0 Å². The molecule has 0 saturated carbocycles. The average Bonchev–Trinajstić information content (AvgIpc) is 2.39. The van der Waals surface area contributed by atoms with Gasteiger partial charge in [-0.1, -0.05) is 6.07 Å². The summed E-state index contributed by atoms with van der Waals surface area (Å²) >= 11 is 0. The van der Waals surface area contributed by atoms with Gasteiger partial charge in [-0.05, 0) is 37.6 Å². The van der Waals surface area contributed by atoms with Gasteiger partial charge in [-0.15, -0.1) is 0 Å². The lowest BCUT2D eigenvalue weighted by Gasteiger charge is -2.18. The number of nitrogens with two attached hydrogens (primary N) is 1. The van der Waals surface area contributed by atoms with Gasteiger partial charge in [-0.3, -0.25) is 4.79 Å². The summed E-state index contributed by atoms with van der Waals surface area (Å²) < 4.78 is 5.28. The fourth-order valence-electron chi connectivity index (χ4n) is 1.68. The van der Waals surface area contributed by atoms with Crippen LogP contribution in [0.25, 0.3) is 0 Å². The molecule has 0 saturated heterocycles. The van der Waals surface area contributed by atoms with Crippen molar-refractivity contribution in [3.05, 3.63) is 29.3 Å². The van der Waals surface area contributed by atoms with Gasteiger partial charge < -0.3 is 20.7 Å². The molecule has 1 rings (SSSR count). The highest BCUT2D eigenvalue weighted by Crippen LogP contribution is 2.25. The first-order valence-electron chi connectivity index (χ1n) is 5.92. The summed E-state index contributed by atoms with van der Waals surface area (Å²) in [5.74, 6) is 0.469. The molecule has 18 heavy (non-hydrogen) atoms. The Morgan fingerprint density at radius 1 is 1.44 bits per heavy atom. The largest absolute Gasteiger partial charge is 0.493 e. The van der Waals surface area contributed by atoms with Gasteiger partial charge in [0.1, 0.15) is 11.9 Å². The van der Waals surface area contributed by atoms with Crippen LogP contribution < -0.4 is 10.5 Å². The fourth-order valence-corrected chi connectivity index (χ4v) is 1.68. The van der Waals surface area contributed by atoms with E-state index in [2.05, 4.69) is 0 Å². The van der Waals surface area contributed by atoms with Crippen molar-refractivity contribution in [1.29, 1.82) is 0 Å². The molecule has 0 amide bonds. The lowest BCUT2D eigenvalue weighted by Crippen LogP contribution is -2.21. The Bertz CT molecular complexity index is 395. The molecule has 2 atom stereocenters. The summed E-state index contributed by atoms with van der Waals surface area (Å²) in [7, 11) is 0. The predicted octanol–water partition coefficient (Wildman–Crippen LogP) is 0.641. The average molecular weight is 253 g/mol. The Morgan fingerprint density at radius 2 is 2.17 bits per heavy atom. The Balaban J connectivity index is 2.93. The molecule has 0 aliphatic heterocycles. The molecule has 2 unspecified atom stereocenters. The lowest BCUT2D eigenvalue weighted by molar-refractivity contribution is 0.0149. The number of benzene rings is 1. The van der Waals surface area contributed by atoms with Gasteiger partial charge in [0.2, 0.25) is 0 Å². The number of aliphatic hydroxyl groups excluding tert-OH is 2. The number of hydrogen-bond acceptors (Lipinski definition) is 5. The number of carbonyl (C=O) groups excluding carboxylic acids is 1. The summed E-state index contributed by atoms with van der Waals surface area (Å²) in [6, 6.07) is 4.76. The zero-order valence-corrected chi connectivity index (χ0v) is 10.4. The quantitative estimate of drug-likeness (QED) is 0.620. The first-order chi connectivity index (χ1) is 8.63. The molecular weight excluding hydrogens is 234 g/mol. The van der Waals surface area contributed by atoms with Crippen molar-refractivity contribution in [2.24, 2.45) is 5.73 Å². The molecule has 0 bridgehead atoms. The Morgan fingerprint density at radius 3 is 2.72 bits per heavy atom. The van der Waals surface area contributed by atoms with Gasteiger partial charge in [0, 0.05) is 0 Å². The van der Waals surface area contributed by atoms with E-state index in [1.54, 1.807) is 12.1 Å². The third kappa shape index (κ3) is 3.53. The molecule has 0 aromatic heterocycles. The van der Waals surface area contributed by atoms with Gasteiger partial charge in [0.05, 0.1) is 18.3 Å². The number of hydrogen-bond donors (Lipinski definition) is 3. The van der Waals surface area contributed by atoms with Crippen LogP contribution in [-0.4, -0.2) is 35.8 Å². The Labute approximate surface area is 106 Å². The zero-order valence-electron chi connectivity index (χ0n) is 10.4. The standard InChI is InChI=1S/C13H19NO4/c1-2-18-12-4-3-9(7-10(12)8-15)13(17)11(16)5-6-14/h3-4,7-8,11,13,16-17H,2,5-6,14H2,1H3. The summed E-state index contributed by atoms with van der Waals surface area (Å²) in [6.07, 6.45) is -1.03. The molecule has 0 aliphatic carbocycles. The molecule has 0 spiro atoms. The smallest absolute Gasteiger partial charge is 0.153 e. The highest BCUT2D eigenvalue weighted by Gasteiger charge is 2.18. The number of aldehydes is 1. The minimum Gasteiger partial charge on any atom is -0.493 e. The van der Waals surface area contributed by atoms with E-state index in [0.29, 0.717) is 36.2 Å². The van der Waals surface area contributed by atoms with E-state index in [0.717, 1.165) is 0 Å². The second-order valence-electron chi connectivity index (χ2n) is 3.94. The number of carbonyl (C=O) groups is 1. The Hall–Kier alpha value is -1.43. The Kier molecular flexibility index (Phi) is 5.77. The van der Waals surface area contributed by atoms with Crippen molar-refractivity contribution in [3.8, 4) is 5.75 Å². The zero-order chi connectivity index (χ0) is 13.5. The second-order valence-corrected chi connectivity index (χ2v) is 3.94. The SMILES string of the molecule is CCOc1ccc(C(O)C(O)CCN)cc1C=O. The molecule has 0 heterocycles. The fraction of sp³-hybridized carbons (Fsp3) is 0.462. The summed E-state index contributed by atoms with van der Waals surface area (Å²) in [5, 5.41) is 19.6. The molecule has 4 N–H and O–H groups in total. The van der Waals surface area contributed by atoms with E-state index in [4.69, 9.17) is 10.5 Å². The van der Waals surface area contributed by atoms with Crippen LogP contribution >= 0.6 is 0 Å². The molecule has 0 fully saturated rings. The normalized spacial score (nSPS) is 14.0. The van der Waals surface area contributed by atoms with E-state index < -0.39 is 12.2 Å². The minimum atomic E-state index is -1.05. The van der Waals surface area contributed by atoms with Crippen LogP contribution in [0.4, 0.5) is 0 Å². The van der Waals surface area contributed by atoms with E-state index in [1.807, 2.05) is 6.92 Å². The molecule has 0 radical (unpaired) electrons. The van der Waals surface area contributed by atoms with Crippen molar-refractivity contribution < 1.29 is 19.7 Å². The third-order valence-corrected chi connectivity index (χ3v) is 2.63. The van der Waals surface area contributed by atoms with Crippen LogP contribution in [0.15, 0.2) is 18.2 Å². The second kappa shape index (κ2) is 7.10. The molecule has 0 aliphatic rings. The number of aliphatic hydroxyl groups is 2. The van der Waals surface area contributed by atoms with E-state index >= 15 is 0 Å². The van der Waals surface area contributed by atoms with Crippen molar-refractivity contribution >= 4 is 6.29 Å². The molecule has 5 heteroatoms. The van der Waals surface area contributed by atoms with Gasteiger partial charge >= 0.3 is 0 Å². The van der Waals surface area contributed by atoms with Crippen LogP contribution in [0.5, 0.6) is 5.75 Å². The van der Waals surface area contributed by atoms with Gasteiger partial charge in [-0.2, -0.15) is 0 Å². The first kappa shape index (κ1) is 14.6. The molecule has 100 valence electrons. The summed E-state index contributed by atoms with van der Waals surface area (Å²) in [6.45, 7) is 2.57. The monoisotopic (exact) mass is 253 g/mol. The molecule has 1 aromatic rings. The van der Waals surface area contributed by atoms with Crippen molar-refractivity contribution in [1.82, 2.24) is 0 Å². The summed E-state index contributed by atoms with van der Waals surface area (Å²) in [4.78, 5) is 10.9. The topological polar surface area (TPSA) is 92.8 Å².